The van der Waals surface area contributed by atoms with Crippen molar-refractivity contribution in [2.75, 3.05) is 13.1 Å². The fourth-order valence-corrected chi connectivity index (χ4v) is 4.66. The lowest BCUT2D eigenvalue weighted by Crippen LogP contribution is -2.31. The largest absolute Gasteiger partial charge is 0.350 e. The topological polar surface area (TPSA) is 66.5 Å². The van der Waals surface area contributed by atoms with E-state index in [0.717, 1.165) is 30.4 Å². The molecule has 2 aromatic rings. The molecule has 1 aliphatic rings. The van der Waals surface area contributed by atoms with Crippen LogP contribution in [0.1, 0.15) is 43.5 Å². The first-order valence-electron chi connectivity index (χ1n) is 9.43. The SMILES string of the molecule is CC[C@H](C)NC(=O)c1cccc(-c2ccc(S(=O)(=O)N3CCCC3)cc2)c1. The van der Waals surface area contributed by atoms with E-state index in [1.165, 1.54) is 0 Å². The van der Waals surface area contributed by atoms with Crippen molar-refractivity contribution < 1.29 is 13.2 Å². The Kier molecular flexibility index (Phi) is 5.97. The summed E-state index contributed by atoms with van der Waals surface area (Å²) in [5.41, 5.74) is 2.37. The van der Waals surface area contributed by atoms with E-state index in [0.29, 0.717) is 23.5 Å². The van der Waals surface area contributed by atoms with Gasteiger partial charge >= 0.3 is 0 Å². The maximum atomic E-state index is 12.6. The number of amides is 1. The van der Waals surface area contributed by atoms with Crippen LogP contribution in [0, 0.1) is 0 Å². The van der Waals surface area contributed by atoms with E-state index in [4.69, 9.17) is 0 Å². The fraction of sp³-hybridized carbons (Fsp3) is 0.381. The maximum Gasteiger partial charge on any atom is 0.251 e. The molecule has 1 N–H and O–H groups in total. The van der Waals surface area contributed by atoms with Crippen molar-refractivity contribution in [2.24, 2.45) is 0 Å². The number of carbonyl (C=O) groups excluding carboxylic acids is 1. The zero-order valence-electron chi connectivity index (χ0n) is 15.8. The molecule has 1 heterocycles. The minimum absolute atomic E-state index is 0.0977. The van der Waals surface area contributed by atoms with Gasteiger partial charge in [0.2, 0.25) is 10.0 Å². The van der Waals surface area contributed by atoms with Crippen LogP contribution < -0.4 is 5.32 Å². The summed E-state index contributed by atoms with van der Waals surface area (Å²) in [5, 5.41) is 2.96. The molecule has 144 valence electrons. The first-order chi connectivity index (χ1) is 12.9. The monoisotopic (exact) mass is 386 g/mol. The summed E-state index contributed by atoms with van der Waals surface area (Å²) in [7, 11) is -3.41. The van der Waals surface area contributed by atoms with E-state index in [9.17, 15) is 13.2 Å². The highest BCUT2D eigenvalue weighted by Crippen LogP contribution is 2.25. The molecule has 2 aromatic carbocycles. The van der Waals surface area contributed by atoms with Crippen LogP contribution in [0.5, 0.6) is 0 Å². The number of nitrogens with one attached hydrogen (secondary N) is 1. The van der Waals surface area contributed by atoms with Crippen molar-refractivity contribution in [1.82, 2.24) is 9.62 Å². The minimum atomic E-state index is -3.41. The van der Waals surface area contributed by atoms with Gasteiger partial charge in [-0.2, -0.15) is 4.31 Å². The van der Waals surface area contributed by atoms with Gasteiger partial charge in [0.25, 0.3) is 5.91 Å². The second-order valence-corrected chi connectivity index (χ2v) is 8.94. The molecular formula is C21H26N2O3S. The number of hydrogen-bond acceptors (Lipinski definition) is 3. The lowest BCUT2D eigenvalue weighted by Gasteiger charge is -2.16. The van der Waals surface area contributed by atoms with Gasteiger partial charge in [-0.15, -0.1) is 0 Å². The minimum Gasteiger partial charge on any atom is -0.350 e. The van der Waals surface area contributed by atoms with Gasteiger partial charge in [-0.25, -0.2) is 8.42 Å². The molecule has 0 aromatic heterocycles. The fourth-order valence-electron chi connectivity index (χ4n) is 3.15. The Morgan fingerprint density at radius 2 is 1.74 bits per heavy atom. The lowest BCUT2D eigenvalue weighted by molar-refractivity contribution is 0.0939. The second kappa shape index (κ2) is 8.23. The van der Waals surface area contributed by atoms with Crippen molar-refractivity contribution in [3.63, 3.8) is 0 Å². The standard InChI is InChI=1S/C21H26N2O3S/c1-3-16(2)22-21(24)19-8-6-7-18(15-19)17-9-11-20(12-10-17)27(25,26)23-13-4-5-14-23/h6-12,15-16H,3-5,13-14H2,1-2H3,(H,22,24)/t16-/m0/s1. The van der Waals surface area contributed by atoms with Crippen molar-refractivity contribution >= 4 is 15.9 Å². The zero-order chi connectivity index (χ0) is 19.4. The molecule has 1 saturated heterocycles. The van der Waals surface area contributed by atoms with Gasteiger partial charge in [0, 0.05) is 24.7 Å². The van der Waals surface area contributed by atoms with Crippen molar-refractivity contribution in [2.45, 2.75) is 44.0 Å². The van der Waals surface area contributed by atoms with Crippen LogP contribution in [0.3, 0.4) is 0 Å². The quantitative estimate of drug-likeness (QED) is 0.824. The van der Waals surface area contributed by atoms with Gasteiger partial charge in [-0.1, -0.05) is 31.2 Å². The second-order valence-electron chi connectivity index (χ2n) is 7.00. The summed E-state index contributed by atoms with van der Waals surface area (Å²) in [5.74, 6) is -0.0977. The smallest absolute Gasteiger partial charge is 0.251 e. The van der Waals surface area contributed by atoms with Crippen LogP contribution in [-0.4, -0.2) is 37.8 Å². The molecule has 1 aliphatic heterocycles. The molecule has 1 fully saturated rings. The predicted molar refractivity (Wildman–Crippen MR) is 107 cm³/mol. The summed E-state index contributed by atoms with van der Waals surface area (Å²) >= 11 is 0. The third-order valence-electron chi connectivity index (χ3n) is 5.01. The van der Waals surface area contributed by atoms with Crippen LogP contribution >= 0.6 is 0 Å². The lowest BCUT2D eigenvalue weighted by atomic mass is 10.0. The van der Waals surface area contributed by atoms with Gasteiger partial charge in [-0.3, -0.25) is 4.79 Å². The van der Waals surface area contributed by atoms with Crippen LogP contribution in [0.2, 0.25) is 0 Å². The normalized spacial score (nSPS) is 16.2. The Morgan fingerprint density at radius 3 is 2.37 bits per heavy atom. The van der Waals surface area contributed by atoms with E-state index in [1.807, 2.05) is 32.0 Å². The highest BCUT2D eigenvalue weighted by molar-refractivity contribution is 7.89. The zero-order valence-corrected chi connectivity index (χ0v) is 16.6. The predicted octanol–water partition coefficient (Wildman–Crippen LogP) is 3.67. The Bertz CT molecular complexity index is 901. The molecule has 0 bridgehead atoms. The molecule has 27 heavy (non-hydrogen) atoms. The molecule has 0 spiro atoms. The number of rotatable bonds is 6. The number of hydrogen-bond donors (Lipinski definition) is 1. The van der Waals surface area contributed by atoms with E-state index >= 15 is 0 Å². The summed E-state index contributed by atoms with van der Waals surface area (Å²) in [4.78, 5) is 12.7. The molecule has 0 radical (unpaired) electrons. The molecule has 1 amide bonds. The van der Waals surface area contributed by atoms with Gasteiger partial charge in [0.15, 0.2) is 0 Å². The molecule has 3 rings (SSSR count). The van der Waals surface area contributed by atoms with Crippen LogP contribution in [0.4, 0.5) is 0 Å². The number of benzene rings is 2. The molecular weight excluding hydrogens is 360 g/mol. The first-order valence-corrected chi connectivity index (χ1v) is 10.9. The summed E-state index contributed by atoms with van der Waals surface area (Å²) in [6.45, 7) is 5.19. The van der Waals surface area contributed by atoms with Crippen LogP contribution in [0.25, 0.3) is 11.1 Å². The summed E-state index contributed by atoms with van der Waals surface area (Å²) in [6.07, 6.45) is 2.71. The summed E-state index contributed by atoms with van der Waals surface area (Å²) < 4.78 is 26.8. The Hall–Kier alpha value is -2.18. The Morgan fingerprint density at radius 1 is 1.07 bits per heavy atom. The van der Waals surface area contributed by atoms with Gasteiger partial charge in [0.1, 0.15) is 0 Å². The number of sulfonamides is 1. The van der Waals surface area contributed by atoms with Crippen molar-refractivity contribution in [3.05, 3.63) is 54.1 Å². The maximum absolute atomic E-state index is 12.6. The third-order valence-corrected chi connectivity index (χ3v) is 6.92. The molecule has 0 aliphatic carbocycles. The van der Waals surface area contributed by atoms with Crippen molar-refractivity contribution in [3.8, 4) is 11.1 Å². The Balaban J connectivity index is 1.81. The Labute approximate surface area is 161 Å². The highest BCUT2D eigenvalue weighted by atomic mass is 32.2. The van der Waals surface area contributed by atoms with Gasteiger partial charge < -0.3 is 5.32 Å². The number of carbonyl (C=O) groups is 1. The van der Waals surface area contributed by atoms with E-state index < -0.39 is 10.0 Å². The summed E-state index contributed by atoms with van der Waals surface area (Å²) in [6, 6.07) is 14.4. The highest BCUT2D eigenvalue weighted by Gasteiger charge is 2.26. The van der Waals surface area contributed by atoms with Crippen LogP contribution in [-0.2, 0) is 10.0 Å². The molecule has 0 unspecified atom stereocenters. The molecule has 0 saturated carbocycles. The molecule has 1 atom stereocenters. The third kappa shape index (κ3) is 4.39. The number of nitrogens with zero attached hydrogens (tertiary/aromatic N) is 1. The molecule has 6 heteroatoms. The van der Waals surface area contributed by atoms with Crippen molar-refractivity contribution in [1.29, 1.82) is 0 Å². The van der Waals surface area contributed by atoms with Gasteiger partial charge in [0.05, 0.1) is 4.90 Å². The first kappa shape index (κ1) is 19.6. The van der Waals surface area contributed by atoms with Crippen LogP contribution in [0.15, 0.2) is 53.4 Å². The van der Waals surface area contributed by atoms with E-state index in [2.05, 4.69) is 5.32 Å². The van der Waals surface area contributed by atoms with Gasteiger partial charge in [-0.05, 0) is 61.6 Å². The van der Waals surface area contributed by atoms with E-state index in [-0.39, 0.29) is 11.9 Å². The average molecular weight is 387 g/mol. The molecule has 5 nitrogen and oxygen atoms in total. The average Bonchev–Trinajstić information content (AvgIpc) is 3.24. The van der Waals surface area contributed by atoms with E-state index in [1.54, 1.807) is 34.6 Å².